The number of non-ortho nitro benzene ring substituents is 1. The van der Waals surface area contributed by atoms with Crippen molar-refractivity contribution in [3.63, 3.8) is 0 Å². The number of carbonyl (C=O) groups is 2. The summed E-state index contributed by atoms with van der Waals surface area (Å²) in [7, 11) is 1.49. The van der Waals surface area contributed by atoms with Gasteiger partial charge < -0.3 is 19.1 Å². The van der Waals surface area contributed by atoms with Crippen LogP contribution in [0.1, 0.15) is 20.7 Å². The second-order valence-corrected chi connectivity index (χ2v) is 6.29. The molecule has 152 valence electrons. The Morgan fingerprint density at radius 2 is 1.93 bits per heavy atom. The van der Waals surface area contributed by atoms with Crippen LogP contribution in [0.15, 0.2) is 42.5 Å². The molecule has 0 aliphatic carbocycles. The minimum Gasteiger partial charge on any atom is -0.497 e. The SMILES string of the molecule is COc1cccc(C(=O)COC(=O)c2cc([N+](=O)[O-])ccc2N2CCOCC2)c1. The number of carbonyl (C=O) groups excluding carboxylic acids is 2. The van der Waals surface area contributed by atoms with Gasteiger partial charge in [-0.25, -0.2) is 4.79 Å². The molecule has 9 nitrogen and oxygen atoms in total. The molecule has 2 aromatic carbocycles. The highest BCUT2D eigenvalue weighted by Crippen LogP contribution is 2.27. The lowest BCUT2D eigenvalue weighted by Gasteiger charge is -2.30. The standard InChI is InChI=1S/C20H20N2O7/c1-27-16-4-2-3-14(11-16)19(23)13-29-20(24)17-12-15(22(25)26)5-6-18(17)21-7-9-28-10-8-21/h2-6,11-12H,7-10,13H2,1H3. The number of esters is 1. The Labute approximate surface area is 166 Å². The van der Waals surface area contributed by atoms with Crippen LogP contribution in [0.2, 0.25) is 0 Å². The van der Waals surface area contributed by atoms with Crippen LogP contribution >= 0.6 is 0 Å². The first kappa shape index (κ1) is 20.3. The summed E-state index contributed by atoms with van der Waals surface area (Å²) < 4.78 is 15.6. The molecule has 0 atom stereocenters. The van der Waals surface area contributed by atoms with Crippen molar-refractivity contribution in [1.82, 2.24) is 0 Å². The Kier molecular flexibility index (Phi) is 6.40. The molecule has 0 bridgehead atoms. The summed E-state index contributed by atoms with van der Waals surface area (Å²) in [6, 6.07) is 10.5. The van der Waals surface area contributed by atoms with Crippen LogP contribution in [0.4, 0.5) is 11.4 Å². The Bertz CT molecular complexity index is 923. The lowest BCUT2D eigenvalue weighted by atomic mass is 10.1. The molecule has 0 saturated carbocycles. The summed E-state index contributed by atoms with van der Waals surface area (Å²) in [6.45, 7) is 1.57. The van der Waals surface area contributed by atoms with E-state index in [1.54, 1.807) is 24.3 Å². The molecule has 1 heterocycles. The number of morpholine rings is 1. The number of hydrogen-bond donors (Lipinski definition) is 0. The van der Waals surface area contributed by atoms with Crippen molar-refractivity contribution in [2.75, 3.05) is 44.9 Å². The summed E-state index contributed by atoms with van der Waals surface area (Å²) >= 11 is 0. The van der Waals surface area contributed by atoms with E-state index in [2.05, 4.69) is 0 Å². The number of rotatable bonds is 7. The van der Waals surface area contributed by atoms with E-state index < -0.39 is 23.3 Å². The third-order valence-corrected chi connectivity index (χ3v) is 4.49. The van der Waals surface area contributed by atoms with Gasteiger partial charge in [0.05, 0.1) is 36.5 Å². The molecule has 3 rings (SSSR count). The molecule has 0 unspecified atom stereocenters. The van der Waals surface area contributed by atoms with Crippen molar-refractivity contribution in [3.8, 4) is 5.75 Å². The molecule has 0 aromatic heterocycles. The van der Waals surface area contributed by atoms with E-state index in [1.807, 2.05) is 4.90 Å². The number of Topliss-reactive ketones (excluding diaryl/α,β-unsaturated/α-hetero) is 1. The number of hydrogen-bond acceptors (Lipinski definition) is 8. The molecule has 1 saturated heterocycles. The van der Waals surface area contributed by atoms with E-state index in [0.29, 0.717) is 43.3 Å². The zero-order valence-corrected chi connectivity index (χ0v) is 15.8. The zero-order valence-electron chi connectivity index (χ0n) is 15.8. The fraction of sp³-hybridized carbons (Fsp3) is 0.300. The molecular formula is C20H20N2O7. The monoisotopic (exact) mass is 400 g/mol. The molecule has 29 heavy (non-hydrogen) atoms. The molecule has 9 heteroatoms. The highest BCUT2D eigenvalue weighted by molar-refractivity contribution is 6.01. The van der Waals surface area contributed by atoms with Crippen molar-refractivity contribution >= 4 is 23.1 Å². The first-order valence-electron chi connectivity index (χ1n) is 8.95. The molecule has 0 radical (unpaired) electrons. The fourth-order valence-corrected chi connectivity index (χ4v) is 2.97. The molecule has 2 aromatic rings. The molecule has 1 fully saturated rings. The largest absolute Gasteiger partial charge is 0.497 e. The van der Waals surface area contributed by atoms with Gasteiger partial charge in [-0.1, -0.05) is 12.1 Å². The number of nitro benzene ring substituents is 1. The quantitative estimate of drug-likeness (QED) is 0.302. The molecule has 0 N–H and O–H groups in total. The minimum atomic E-state index is -0.800. The second kappa shape index (κ2) is 9.16. The molecular weight excluding hydrogens is 380 g/mol. The number of nitro groups is 1. The summed E-state index contributed by atoms with van der Waals surface area (Å²) in [4.78, 5) is 37.4. The number of anilines is 1. The van der Waals surface area contributed by atoms with Crippen molar-refractivity contribution in [1.29, 1.82) is 0 Å². The van der Waals surface area contributed by atoms with E-state index in [4.69, 9.17) is 14.2 Å². The van der Waals surface area contributed by atoms with Gasteiger partial charge in [0.25, 0.3) is 5.69 Å². The Balaban J connectivity index is 1.78. The molecule has 1 aliphatic rings. The smallest absolute Gasteiger partial charge is 0.340 e. The summed E-state index contributed by atoms with van der Waals surface area (Å²) in [5, 5.41) is 11.1. The van der Waals surface area contributed by atoms with Crippen molar-refractivity contribution < 1.29 is 28.7 Å². The third kappa shape index (κ3) is 4.88. The molecule has 0 spiro atoms. The Hall–Kier alpha value is -3.46. The normalized spacial score (nSPS) is 13.6. The van der Waals surface area contributed by atoms with Crippen LogP contribution in [0.3, 0.4) is 0 Å². The lowest BCUT2D eigenvalue weighted by molar-refractivity contribution is -0.384. The van der Waals surface area contributed by atoms with Crippen LogP contribution in [0.5, 0.6) is 5.75 Å². The van der Waals surface area contributed by atoms with Gasteiger partial charge in [-0.05, 0) is 18.2 Å². The molecule has 0 amide bonds. The van der Waals surface area contributed by atoms with E-state index in [0.717, 1.165) is 0 Å². The van der Waals surface area contributed by atoms with Crippen LogP contribution in [-0.2, 0) is 9.47 Å². The predicted molar refractivity (Wildman–Crippen MR) is 104 cm³/mol. The predicted octanol–water partition coefficient (Wildman–Crippen LogP) is 2.48. The Morgan fingerprint density at radius 1 is 1.17 bits per heavy atom. The van der Waals surface area contributed by atoms with Gasteiger partial charge in [0.15, 0.2) is 12.4 Å². The highest BCUT2D eigenvalue weighted by Gasteiger charge is 2.23. The van der Waals surface area contributed by atoms with Gasteiger partial charge in [0, 0.05) is 30.8 Å². The first-order chi connectivity index (χ1) is 14.0. The second-order valence-electron chi connectivity index (χ2n) is 6.29. The first-order valence-corrected chi connectivity index (χ1v) is 8.95. The van der Waals surface area contributed by atoms with E-state index >= 15 is 0 Å². The number of ether oxygens (including phenoxy) is 3. The average molecular weight is 400 g/mol. The topological polar surface area (TPSA) is 108 Å². The number of nitrogens with zero attached hydrogens (tertiary/aromatic N) is 2. The van der Waals surface area contributed by atoms with Crippen molar-refractivity contribution in [3.05, 3.63) is 63.7 Å². The number of methoxy groups -OCH3 is 1. The van der Waals surface area contributed by atoms with Crippen LogP contribution in [-0.4, -0.2) is 56.7 Å². The van der Waals surface area contributed by atoms with Gasteiger partial charge in [0.2, 0.25) is 0 Å². The van der Waals surface area contributed by atoms with Crippen molar-refractivity contribution in [2.24, 2.45) is 0 Å². The van der Waals surface area contributed by atoms with Gasteiger partial charge in [0.1, 0.15) is 5.75 Å². The maximum Gasteiger partial charge on any atom is 0.340 e. The van der Waals surface area contributed by atoms with Gasteiger partial charge in [-0.15, -0.1) is 0 Å². The molecule has 1 aliphatic heterocycles. The summed E-state index contributed by atoms with van der Waals surface area (Å²) in [5.41, 5.74) is 0.662. The van der Waals surface area contributed by atoms with E-state index in [9.17, 15) is 19.7 Å². The zero-order chi connectivity index (χ0) is 20.8. The van der Waals surface area contributed by atoms with Crippen LogP contribution in [0.25, 0.3) is 0 Å². The van der Waals surface area contributed by atoms with Gasteiger partial charge in [-0.2, -0.15) is 0 Å². The third-order valence-electron chi connectivity index (χ3n) is 4.49. The Morgan fingerprint density at radius 3 is 2.62 bits per heavy atom. The summed E-state index contributed by atoms with van der Waals surface area (Å²) in [5.74, 6) is -0.697. The van der Waals surface area contributed by atoms with Crippen LogP contribution in [0, 0.1) is 10.1 Å². The van der Waals surface area contributed by atoms with Gasteiger partial charge >= 0.3 is 5.97 Å². The van der Waals surface area contributed by atoms with Crippen molar-refractivity contribution in [2.45, 2.75) is 0 Å². The van der Waals surface area contributed by atoms with Gasteiger partial charge in [-0.3, -0.25) is 14.9 Å². The van der Waals surface area contributed by atoms with Crippen LogP contribution < -0.4 is 9.64 Å². The number of ketones is 1. The summed E-state index contributed by atoms with van der Waals surface area (Å²) in [6.07, 6.45) is 0. The minimum absolute atomic E-state index is 0.0412. The van der Waals surface area contributed by atoms with E-state index in [1.165, 1.54) is 25.3 Å². The lowest BCUT2D eigenvalue weighted by Crippen LogP contribution is -2.37. The van der Waals surface area contributed by atoms with E-state index in [-0.39, 0.29) is 11.3 Å². The maximum absolute atomic E-state index is 12.7. The maximum atomic E-state index is 12.7. The fourth-order valence-electron chi connectivity index (χ4n) is 2.97. The highest BCUT2D eigenvalue weighted by atomic mass is 16.6. The average Bonchev–Trinajstić information content (AvgIpc) is 2.77. The number of benzene rings is 2.